The molecule has 2 aromatic rings. The molecule has 0 saturated heterocycles. The maximum atomic E-state index is 6.18. The smallest absolute Gasteiger partial charge is 0.158 e. The van der Waals surface area contributed by atoms with Crippen LogP contribution in [0.1, 0.15) is 11.4 Å². The summed E-state index contributed by atoms with van der Waals surface area (Å²) in [5.41, 5.74) is 3.56. The van der Waals surface area contributed by atoms with Crippen molar-refractivity contribution >= 4 is 23.2 Å². The SMILES string of the molecule is COCc1nc(NN)cc(N(C)Cc2ccccc2Cl)n1. The molecule has 0 fully saturated rings. The number of benzene rings is 1. The van der Waals surface area contributed by atoms with E-state index >= 15 is 0 Å². The first-order valence-corrected chi connectivity index (χ1v) is 6.80. The van der Waals surface area contributed by atoms with Crippen LogP contribution in [0.5, 0.6) is 0 Å². The zero-order chi connectivity index (χ0) is 15.2. The number of halogens is 1. The molecule has 0 aliphatic carbocycles. The summed E-state index contributed by atoms with van der Waals surface area (Å²) in [5.74, 6) is 7.28. The van der Waals surface area contributed by atoms with Crippen molar-refractivity contribution in [1.29, 1.82) is 0 Å². The van der Waals surface area contributed by atoms with Gasteiger partial charge in [-0.1, -0.05) is 29.8 Å². The molecule has 1 heterocycles. The summed E-state index contributed by atoms with van der Waals surface area (Å²) in [6.45, 7) is 0.954. The molecule has 0 unspecified atom stereocenters. The molecule has 0 radical (unpaired) electrons. The van der Waals surface area contributed by atoms with Gasteiger partial charge < -0.3 is 15.1 Å². The molecule has 112 valence electrons. The summed E-state index contributed by atoms with van der Waals surface area (Å²) >= 11 is 6.18. The van der Waals surface area contributed by atoms with E-state index < -0.39 is 0 Å². The molecule has 2 rings (SSSR count). The third kappa shape index (κ3) is 4.04. The van der Waals surface area contributed by atoms with Crippen LogP contribution < -0.4 is 16.2 Å². The minimum absolute atomic E-state index is 0.322. The fourth-order valence-corrected chi connectivity index (χ4v) is 2.10. The van der Waals surface area contributed by atoms with Crippen molar-refractivity contribution in [2.24, 2.45) is 5.84 Å². The fourth-order valence-electron chi connectivity index (χ4n) is 1.91. The van der Waals surface area contributed by atoms with Gasteiger partial charge in [0.2, 0.25) is 0 Å². The van der Waals surface area contributed by atoms with Crippen LogP contribution in [0.3, 0.4) is 0 Å². The maximum Gasteiger partial charge on any atom is 0.158 e. The average molecular weight is 308 g/mol. The number of aromatic nitrogens is 2. The lowest BCUT2D eigenvalue weighted by atomic mass is 10.2. The van der Waals surface area contributed by atoms with Crippen molar-refractivity contribution in [3.8, 4) is 0 Å². The lowest BCUT2D eigenvalue weighted by Crippen LogP contribution is -2.20. The molecule has 21 heavy (non-hydrogen) atoms. The van der Waals surface area contributed by atoms with Gasteiger partial charge in [0.25, 0.3) is 0 Å². The molecule has 1 aromatic carbocycles. The third-order valence-corrected chi connectivity index (χ3v) is 3.31. The Morgan fingerprint density at radius 2 is 2.10 bits per heavy atom. The first-order valence-electron chi connectivity index (χ1n) is 6.42. The van der Waals surface area contributed by atoms with E-state index in [0.29, 0.717) is 24.8 Å². The van der Waals surface area contributed by atoms with Crippen molar-refractivity contribution in [3.63, 3.8) is 0 Å². The highest BCUT2D eigenvalue weighted by Gasteiger charge is 2.10. The van der Waals surface area contributed by atoms with E-state index in [1.807, 2.05) is 36.2 Å². The summed E-state index contributed by atoms with van der Waals surface area (Å²) in [6.07, 6.45) is 0. The summed E-state index contributed by atoms with van der Waals surface area (Å²) in [4.78, 5) is 10.6. The second kappa shape index (κ2) is 7.21. The molecule has 0 bridgehead atoms. The number of hydrogen-bond donors (Lipinski definition) is 2. The number of hydrazine groups is 1. The molecule has 0 spiro atoms. The Bertz CT molecular complexity index is 608. The maximum absolute atomic E-state index is 6.18. The number of rotatable bonds is 6. The van der Waals surface area contributed by atoms with E-state index in [9.17, 15) is 0 Å². The lowest BCUT2D eigenvalue weighted by molar-refractivity contribution is 0.178. The number of anilines is 2. The van der Waals surface area contributed by atoms with Gasteiger partial charge in [0.05, 0.1) is 0 Å². The van der Waals surface area contributed by atoms with E-state index in [1.165, 1.54) is 0 Å². The van der Waals surface area contributed by atoms with E-state index in [4.69, 9.17) is 22.2 Å². The molecule has 3 N–H and O–H groups in total. The van der Waals surface area contributed by atoms with Crippen LogP contribution in [0.15, 0.2) is 30.3 Å². The average Bonchev–Trinajstić information content (AvgIpc) is 2.49. The topological polar surface area (TPSA) is 76.3 Å². The number of nitrogen functional groups attached to an aromatic ring is 1. The Morgan fingerprint density at radius 3 is 2.76 bits per heavy atom. The Hall–Kier alpha value is -1.89. The largest absolute Gasteiger partial charge is 0.377 e. The van der Waals surface area contributed by atoms with Gasteiger partial charge in [-0.2, -0.15) is 0 Å². The van der Waals surface area contributed by atoms with Gasteiger partial charge in [0, 0.05) is 31.8 Å². The number of nitrogens with two attached hydrogens (primary N) is 1. The van der Waals surface area contributed by atoms with Gasteiger partial charge in [0.1, 0.15) is 18.2 Å². The fraction of sp³-hybridized carbons (Fsp3) is 0.286. The number of ether oxygens (including phenoxy) is 1. The molecular weight excluding hydrogens is 290 g/mol. The number of methoxy groups -OCH3 is 1. The lowest BCUT2D eigenvalue weighted by Gasteiger charge is -2.20. The van der Waals surface area contributed by atoms with Gasteiger partial charge in [0.15, 0.2) is 5.82 Å². The highest BCUT2D eigenvalue weighted by molar-refractivity contribution is 6.31. The van der Waals surface area contributed by atoms with Gasteiger partial charge in [-0.25, -0.2) is 15.8 Å². The normalized spacial score (nSPS) is 10.5. The minimum Gasteiger partial charge on any atom is -0.377 e. The molecule has 0 atom stereocenters. The van der Waals surface area contributed by atoms with Crippen molar-refractivity contribution in [2.45, 2.75) is 13.2 Å². The summed E-state index contributed by atoms with van der Waals surface area (Å²) in [5, 5.41) is 0.729. The number of nitrogens with one attached hydrogen (secondary N) is 1. The van der Waals surface area contributed by atoms with Crippen LogP contribution in [-0.2, 0) is 17.9 Å². The zero-order valence-electron chi connectivity index (χ0n) is 12.0. The molecule has 7 heteroatoms. The highest BCUT2D eigenvalue weighted by Crippen LogP contribution is 2.21. The molecule has 0 aliphatic heterocycles. The van der Waals surface area contributed by atoms with Crippen molar-refractivity contribution < 1.29 is 4.74 Å². The number of hydrogen-bond acceptors (Lipinski definition) is 6. The van der Waals surface area contributed by atoms with Gasteiger partial charge >= 0.3 is 0 Å². The third-order valence-electron chi connectivity index (χ3n) is 2.94. The van der Waals surface area contributed by atoms with Crippen molar-refractivity contribution in [3.05, 3.63) is 46.7 Å². The van der Waals surface area contributed by atoms with Crippen LogP contribution in [0.4, 0.5) is 11.6 Å². The Labute approximate surface area is 128 Å². The molecule has 0 aliphatic rings. The van der Waals surface area contributed by atoms with Crippen LogP contribution in [0, 0.1) is 0 Å². The zero-order valence-corrected chi connectivity index (χ0v) is 12.8. The van der Waals surface area contributed by atoms with Gasteiger partial charge in [-0.3, -0.25) is 0 Å². The van der Waals surface area contributed by atoms with Crippen molar-refractivity contribution in [2.75, 3.05) is 24.5 Å². The second-order valence-electron chi connectivity index (χ2n) is 4.55. The van der Waals surface area contributed by atoms with E-state index in [2.05, 4.69) is 15.4 Å². The van der Waals surface area contributed by atoms with E-state index in [0.717, 1.165) is 16.4 Å². The predicted octanol–water partition coefficient (Wildman–Crippen LogP) is 2.20. The van der Waals surface area contributed by atoms with Gasteiger partial charge in [-0.05, 0) is 11.6 Å². The summed E-state index contributed by atoms with van der Waals surface area (Å²) < 4.78 is 5.07. The summed E-state index contributed by atoms with van der Waals surface area (Å²) in [6, 6.07) is 9.49. The van der Waals surface area contributed by atoms with Crippen LogP contribution in [0.25, 0.3) is 0 Å². The summed E-state index contributed by atoms with van der Waals surface area (Å²) in [7, 11) is 3.53. The first kappa shape index (κ1) is 15.5. The van der Waals surface area contributed by atoms with E-state index in [-0.39, 0.29) is 0 Å². The van der Waals surface area contributed by atoms with Crippen molar-refractivity contribution in [1.82, 2.24) is 9.97 Å². The highest BCUT2D eigenvalue weighted by atomic mass is 35.5. The van der Waals surface area contributed by atoms with Crippen LogP contribution in [0.2, 0.25) is 5.02 Å². The Kier molecular flexibility index (Phi) is 5.32. The Balaban J connectivity index is 2.23. The van der Waals surface area contributed by atoms with Crippen LogP contribution in [-0.4, -0.2) is 24.1 Å². The molecule has 1 aromatic heterocycles. The molecular formula is C14H18ClN5O. The van der Waals surface area contributed by atoms with E-state index in [1.54, 1.807) is 13.2 Å². The van der Waals surface area contributed by atoms with Crippen LogP contribution >= 0.6 is 11.6 Å². The molecule has 0 saturated carbocycles. The van der Waals surface area contributed by atoms with Gasteiger partial charge in [-0.15, -0.1) is 0 Å². The standard InChI is InChI=1S/C14H18ClN5O/c1-20(8-10-5-3-4-6-11(10)15)14-7-12(19-16)17-13(18-14)9-21-2/h3-7H,8-9,16H2,1-2H3,(H,17,18,19). The quantitative estimate of drug-likeness (QED) is 0.629. The number of nitrogens with zero attached hydrogens (tertiary/aromatic N) is 3. The molecule has 0 amide bonds. The first-order chi connectivity index (χ1) is 10.1. The predicted molar refractivity (Wildman–Crippen MR) is 84.1 cm³/mol. The minimum atomic E-state index is 0.322. The molecule has 6 nitrogen and oxygen atoms in total. The second-order valence-corrected chi connectivity index (χ2v) is 4.96. The Morgan fingerprint density at radius 1 is 1.33 bits per heavy atom. The monoisotopic (exact) mass is 307 g/mol.